The van der Waals surface area contributed by atoms with E-state index >= 15 is 0 Å². The predicted molar refractivity (Wildman–Crippen MR) is 68.3 cm³/mol. The molecule has 3 rings (SSSR count). The van der Waals surface area contributed by atoms with Crippen LogP contribution in [0.5, 0.6) is 0 Å². The summed E-state index contributed by atoms with van der Waals surface area (Å²) < 4.78 is 0. The van der Waals surface area contributed by atoms with Gasteiger partial charge in [0.25, 0.3) is 0 Å². The molecule has 0 N–H and O–H groups in total. The Kier molecular flexibility index (Phi) is 2.58. The third kappa shape index (κ3) is 1.60. The molecule has 0 saturated carbocycles. The minimum Gasteiger partial charge on any atom is -0.329 e. The van der Waals surface area contributed by atoms with Crippen molar-refractivity contribution in [2.45, 2.75) is 25.8 Å². The first-order valence-corrected chi connectivity index (χ1v) is 6.35. The fourth-order valence-electron chi connectivity index (χ4n) is 2.88. The van der Waals surface area contributed by atoms with Crippen molar-refractivity contribution < 1.29 is 9.59 Å². The van der Waals surface area contributed by atoms with Crippen LogP contribution in [-0.4, -0.2) is 35.8 Å². The van der Waals surface area contributed by atoms with E-state index in [1.54, 1.807) is 9.80 Å². The molecule has 0 bridgehead atoms. The van der Waals surface area contributed by atoms with Gasteiger partial charge in [0.1, 0.15) is 12.6 Å². The van der Waals surface area contributed by atoms with Crippen molar-refractivity contribution in [3.63, 3.8) is 0 Å². The number of para-hydroxylation sites is 1. The normalized spacial score (nSPS) is 23.5. The number of anilines is 1. The van der Waals surface area contributed by atoms with Crippen LogP contribution in [0.15, 0.2) is 24.3 Å². The van der Waals surface area contributed by atoms with Crippen molar-refractivity contribution in [1.29, 1.82) is 0 Å². The maximum absolute atomic E-state index is 12.4. The molecule has 0 spiro atoms. The average molecular weight is 244 g/mol. The van der Waals surface area contributed by atoms with Crippen LogP contribution in [-0.2, 0) is 9.59 Å². The van der Waals surface area contributed by atoms with Crippen LogP contribution in [0.4, 0.5) is 5.69 Å². The number of carbonyl (C=O) groups excluding carboxylic acids is 2. The fourth-order valence-corrected chi connectivity index (χ4v) is 2.88. The Labute approximate surface area is 106 Å². The number of piperazine rings is 1. The smallest absolute Gasteiger partial charge is 0.250 e. The first kappa shape index (κ1) is 11.3. The lowest BCUT2D eigenvalue weighted by atomic mass is 10.1. The topological polar surface area (TPSA) is 40.6 Å². The van der Waals surface area contributed by atoms with Gasteiger partial charge in [0, 0.05) is 12.2 Å². The Morgan fingerprint density at radius 2 is 2.00 bits per heavy atom. The lowest BCUT2D eigenvalue weighted by Crippen LogP contribution is -2.57. The minimum absolute atomic E-state index is 0.0698. The van der Waals surface area contributed by atoms with Gasteiger partial charge >= 0.3 is 0 Å². The third-order valence-electron chi connectivity index (χ3n) is 3.82. The maximum atomic E-state index is 12.4. The highest BCUT2D eigenvalue weighted by Gasteiger charge is 2.42. The van der Waals surface area contributed by atoms with Crippen LogP contribution in [0.3, 0.4) is 0 Å². The molecule has 2 aliphatic heterocycles. The van der Waals surface area contributed by atoms with Gasteiger partial charge in [-0.25, -0.2) is 0 Å². The molecule has 2 amide bonds. The molecule has 0 aromatic heterocycles. The molecule has 1 atom stereocenters. The molecule has 0 radical (unpaired) electrons. The lowest BCUT2D eigenvalue weighted by Gasteiger charge is -2.36. The highest BCUT2D eigenvalue weighted by Crippen LogP contribution is 2.28. The van der Waals surface area contributed by atoms with E-state index in [0.717, 1.165) is 30.6 Å². The van der Waals surface area contributed by atoms with E-state index in [-0.39, 0.29) is 24.4 Å². The maximum Gasteiger partial charge on any atom is 0.250 e. The molecule has 2 aliphatic rings. The van der Waals surface area contributed by atoms with Gasteiger partial charge in [0.15, 0.2) is 0 Å². The monoisotopic (exact) mass is 244 g/mol. The first-order chi connectivity index (χ1) is 8.68. The zero-order valence-electron chi connectivity index (χ0n) is 10.4. The lowest BCUT2D eigenvalue weighted by molar-refractivity contribution is -0.140. The van der Waals surface area contributed by atoms with Crippen molar-refractivity contribution in [2.75, 3.05) is 18.0 Å². The number of rotatable bonds is 1. The van der Waals surface area contributed by atoms with Gasteiger partial charge in [-0.05, 0) is 31.4 Å². The van der Waals surface area contributed by atoms with E-state index in [1.807, 2.05) is 31.2 Å². The second-order valence-electron chi connectivity index (χ2n) is 4.96. The minimum atomic E-state index is -0.231. The molecule has 2 saturated heterocycles. The number of carbonyl (C=O) groups is 2. The summed E-state index contributed by atoms with van der Waals surface area (Å²) in [6.45, 7) is 2.88. The molecule has 18 heavy (non-hydrogen) atoms. The summed E-state index contributed by atoms with van der Waals surface area (Å²) in [6, 6.07) is 7.49. The largest absolute Gasteiger partial charge is 0.329 e. The number of hydrogen-bond donors (Lipinski definition) is 0. The highest BCUT2D eigenvalue weighted by molar-refractivity contribution is 6.07. The van der Waals surface area contributed by atoms with Crippen LogP contribution >= 0.6 is 0 Å². The second kappa shape index (κ2) is 4.12. The number of amides is 2. The molecule has 1 aromatic carbocycles. The number of aryl methyl sites for hydroxylation is 1. The van der Waals surface area contributed by atoms with Crippen LogP contribution in [0.1, 0.15) is 18.4 Å². The molecular formula is C14H16N2O2. The molecule has 4 heteroatoms. The average Bonchev–Trinajstić information content (AvgIpc) is 2.85. The number of hydrogen-bond acceptors (Lipinski definition) is 2. The zero-order chi connectivity index (χ0) is 12.7. The highest BCUT2D eigenvalue weighted by atomic mass is 16.2. The number of fused-ring (bicyclic) bond motifs is 1. The molecule has 94 valence electrons. The molecule has 2 heterocycles. The molecule has 0 aliphatic carbocycles. The molecule has 2 fully saturated rings. The van der Waals surface area contributed by atoms with E-state index < -0.39 is 0 Å². The van der Waals surface area contributed by atoms with E-state index in [2.05, 4.69) is 0 Å². The van der Waals surface area contributed by atoms with Crippen molar-refractivity contribution >= 4 is 17.5 Å². The van der Waals surface area contributed by atoms with Crippen LogP contribution in [0, 0.1) is 6.92 Å². The molecular weight excluding hydrogens is 228 g/mol. The Hall–Kier alpha value is -1.84. The Balaban J connectivity index is 1.96. The Morgan fingerprint density at radius 3 is 2.78 bits per heavy atom. The zero-order valence-corrected chi connectivity index (χ0v) is 10.4. The Bertz CT molecular complexity index is 512. The summed E-state index contributed by atoms with van der Waals surface area (Å²) in [6.07, 6.45) is 1.73. The van der Waals surface area contributed by atoms with Crippen molar-refractivity contribution in [3.05, 3.63) is 29.8 Å². The first-order valence-electron chi connectivity index (χ1n) is 6.35. The van der Waals surface area contributed by atoms with Crippen LogP contribution < -0.4 is 4.90 Å². The van der Waals surface area contributed by atoms with Crippen LogP contribution in [0.2, 0.25) is 0 Å². The summed E-state index contributed by atoms with van der Waals surface area (Å²) in [4.78, 5) is 27.9. The quantitative estimate of drug-likeness (QED) is 0.748. The van der Waals surface area contributed by atoms with Gasteiger partial charge in [0.2, 0.25) is 11.8 Å². The summed E-state index contributed by atoms with van der Waals surface area (Å²) >= 11 is 0. The van der Waals surface area contributed by atoms with E-state index in [4.69, 9.17) is 0 Å². The van der Waals surface area contributed by atoms with Crippen molar-refractivity contribution in [2.24, 2.45) is 0 Å². The van der Waals surface area contributed by atoms with Gasteiger partial charge in [-0.2, -0.15) is 0 Å². The van der Waals surface area contributed by atoms with Gasteiger partial charge in [-0.1, -0.05) is 18.2 Å². The molecule has 1 aromatic rings. The molecule has 4 nitrogen and oxygen atoms in total. The summed E-state index contributed by atoms with van der Waals surface area (Å²) in [5, 5.41) is 0. The number of nitrogens with zero attached hydrogens (tertiary/aromatic N) is 2. The van der Waals surface area contributed by atoms with Gasteiger partial charge in [0.05, 0.1) is 0 Å². The predicted octanol–water partition coefficient (Wildman–Crippen LogP) is 1.33. The van der Waals surface area contributed by atoms with Gasteiger partial charge < -0.3 is 9.80 Å². The van der Waals surface area contributed by atoms with Gasteiger partial charge in [-0.3, -0.25) is 9.59 Å². The van der Waals surface area contributed by atoms with E-state index in [0.29, 0.717) is 0 Å². The Morgan fingerprint density at radius 1 is 1.22 bits per heavy atom. The fraction of sp³-hybridized carbons (Fsp3) is 0.429. The third-order valence-corrected chi connectivity index (χ3v) is 3.82. The van der Waals surface area contributed by atoms with E-state index in [9.17, 15) is 9.59 Å². The molecule has 1 unspecified atom stereocenters. The second-order valence-corrected chi connectivity index (χ2v) is 4.96. The summed E-state index contributed by atoms with van der Waals surface area (Å²) in [7, 11) is 0. The van der Waals surface area contributed by atoms with Crippen LogP contribution in [0.25, 0.3) is 0 Å². The number of benzene rings is 1. The standard InChI is InChI=1S/C14H16N2O2/c1-10-5-2-3-6-11(10)16-9-13(17)15-8-4-7-12(15)14(16)18/h2-3,5-6,12H,4,7-9H2,1H3. The van der Waals surface area contributed by atoms with Crippen molar-refractivity contribution in [1.82, 2.24) is 4.90 Å². The summed E-state index contributed by atoms with van der Waals surface area (Å²) in [5.74, 6) is 0.141. The summed E-state index contributed by atoms with van der Waals surface area (Å²) in [5.41, 5.74) is 1.90. The SMILES string of the molecule is Cc1ccccc1N1CC(=O)N2CCCC2C1=O. The van der Waals surface area contributed by atoms with Gasteiger partial charge in [-0.15, -0.1) is 0 Å². The van der Waals surface area contributed by atoms with Crippen molar-refractivity contribution in [3.8, 4) is 0 Å². The van der Waals surface area contributed by atoms with E-state index in [1.165, 1.54) is 0 Å².